The first-order chi connectivity index (χ1) is 18.0. The Labute approximate surface area is 224 Å². The van der Waals surface area contributed by atoms with Gasteiger partial charge in [-0.25, -0.2) is 4.52 Å². The highest BCUT2D eigenvalue weighted by atomic mass is 35.5. The lowest BCUT2D eigenvalue weighted by Crippen LogP contribution is -2.40. The number of carbonyl (C=O) groups excluding carboxylic acids is 1. The molecule has 6 rings (SSSR count). The maximum Gasteiger partial charge on any atom is 0.255 e. The molecule has 0 bridgehead atoms. The van der Waals surface area contributed by atoms with E-state index >= 15 is 0 Å². The molecule has 2 aromatic carbocycles. The summed E-state index contributed by atoms with van der Waals surface area (Å²) in [7, 11) is 0. The van der Waals surface area contributed by atoms with Gasteiger partial charge in [0.15, 0.2) is 0 Å². The van der Waals surface area contributed by atoms with Crippen LogP contribution in [-0.2, 0) is 4.74 Å². The molecule has 7 nitrogen and oxygen atoms in total. The number of rotatable bonds is 4. The van der Waals surface area contributed by atoms with Crippen LogP contribution < -0.4 is 15.0 Å². The van der Waals surface area contributed by atoms with Crippen LogP contribution in [0.3, 0.4) is 0 Å². The number of hydrogen-bond acceptors (Lipinski definition) is 5. The smallest absolute Gasteiger partial charge is 0.255 e. The van der Waals surface area contributed by atoms with Gasteiger partial charge in [0.1, 0.15) is 11.6 Å². The Morgan fingerprint density at radius 2 is 1.78 bits per heavy atom. The quantitative estimate of drug-likeness (QED) is 0.362. The molecule has 1 saturated heterocycles. The second-order valence-corrected chi connectivity index (χ2v) is 10.2. The number of anilines is 1. The lowest BCUT2D eigenvalue weighted by atomic mass is 10.00. The van der Waals surface area contributed by atoms with E-state index in [0.29, 0.717) is 54.9 Å². The number of amides is 1. The van der Waals surface area contributed by atoms with Gasteiger partial charge in [0, 0.05) is 40.7 Å². The largest absolute Gasteiger partial charge is 0.493 e. The van der Waals surface area contributed by atoms with Crippen LogP contribution in [-0.4, -0.2) is 48.4 Å². The Morgan fingerprint density at radius 3 is 2.57 bits per heavy atom. The van der Waals surface area contributed by atoms with Gasteiger partial charge in [0.25, 0.3) is 5.91 Å². The molecule has 0 unspecified atom stereocenters. The van der Waals surface area contributed by atoms with Gasteiger partial charge in [-0.3, -0.25) is 4.79 Å². The number of fused-ring (bicyclic) bond motifs is 2. The predicted molar refractivity (Wildman–Crippen MR) is 145 cm³/mol. The first kappa shape index (κ1) is 24.1. The summed E-state index contributed by atoms with van der Waals surface area (Å²) < 4.78 is 13.3. The van der Waals surface area contributed by atoms with Crippen LogP contribution in [0.25, 0.3) is 16.6 Å². The summed E-state index contributed by atoms with van der Waals surface area (Å²) in [6.07, 6.45) is 0.707. The third-order valence-corrected chi connectivity index (χ3v) is 7.35. The molecule has 0 radical (unpaired) electrons. The van der Waals surface area contributed by atoms with E-state index in [2.05, 4.69) is 10.2 Å². The van der Waals surface area contributed by atoms with E-state index < -0.39 is 0 Å². The molecule has 4 heterocycles. The summed E-state index contributed by atoms with van der Waals surface area (Å²) in [6.45, 7) is 5.01. The van der Waals surface area contributed by atoms with Crippen LogP contribution in [0.4, 0.5) is 5.82 Å². The van der Waals surface area contributed by atoms with Crippen LogP contribution in [0.1, 0.15) is 34.1 Å². The van der Waals surface area contributed by atoms with Crippen LogP contribution in [0, 0.1) is 6.92 Å². The molecule has 0 saturated carbocycles. The highest BCUT2D eigenvalue weighted by molar-refractivity contribution is 6.35. The fraction of sp³-hybridized carbons (Fsp3) is 0.286. The minimum absolute atomic E-state index is 0.130. The summed E-state index contributed by atoms with van der Waals surface area (Å²) in [5.41, 5.74) is 5.08. The zero-order chi connectivity index (χ0) is 25.5. The number of nitrogens with one attached hydrogen (secondary N) is 1. The molecule has 0 aliphatic carbocycles. The highest BCUT2D eigenvalue weighted by Crippen LogP contribution is 2.36. The fourth-order valence-electron chi connectivity index (χ4n) is 5.25. The summed E-state index contributed by atoms with van der Waals surface area (Å²) in [4.78, 5) is 16.0. The van der Waals surface area contributed by atoms with Crippen molar-refractivity contribution in [2.75, 3.05) is 37.8 Å². The van der Waals surface area contributed by atoms with E-state index in [1.165, 1.54) is 0 Å². The lowest BCUT2D eigenvalue weighted by Gasteiger charge is -2.31. The topological polar surface area (TPSA) is 68.1 Å². The van der Waals surface area contributed by atoms with Crippen molar-refractivity contribution in [1.29, 1.82) is 0 Å². The number of carbonyl (C=O) groups is 1. The number of aromatic nitrogens is 2. The maximum absolute atomic E-state index is 13.8. The van der Waals surface area contributed by atoms with Gasteiger partial charge in [-0.05, 0) is 48.9 Å². The summed E-state index contributed by atoms with van der Waals surface area (Å²) in [6, 6.07) is 17.0. The van der Waals surface area contributed by atoms with Gasteiger partial charge in [-0.1, -0.05) is 41.4 Å². The minimum Gasteiger partial charge on any atom is -0.493 e. The summed E-state index contributed by atoms with van der Waals surface area (Å²) >= 11 is 12.6. The van der Waals surface area contributed by atoms with Crippen LogP contribution in [0.15, 0.2) is 54.6 Å². The van der Waals surface area contributed by atoms with Crippen molar-refractivity contribution in [2.45, 2.75) is 19.4 Å². The van der Waals surface area contributed by atoms with Crippen LogP contribution >= 0.6 is 23.2 Å². The lowest BCUT2D eigenvalue weighted by molar-refractivity contribution is 0.0922. The van der Waals surface area contributed by atoms with Crippen molar-refractivity contribution in [2.24, 2.45) is 0 Å². The summed E-state index contributed by atoms with van der Waals surface area (Å²) in [5.74, 6) is 1.42. The average Bonchev–Trinajstić information content (AvgIpc) is 3.24. The number of aryl methyl sites for hydroxylation is 1. The van der Waals surface area contributed by atoms with Gasteiger partial charge in [0.05, 0.1) is 42.6 Å². The minimum atomic E-state index is -0.148. The summed E-state index contributed by atoms with van der Waals surface area (Å²) in [5, 5.41) is 9.26. The van der Waals surface area contributed by atoms with E-state index in [1.807, 2.05) is 60.0 Å². The number of hydrogen-bond donors (Lipinski definition) is 1. The Balaban J connectivity index is 1.45. The molecule has 37 heavy (non-hydrogen) atoms. The third-order valence-electron chi connectivity index (χ3n) is 6.92. The van der Waals surface area contributed by atoms with Crippen molar-refractivity contribution < 1.29 is 14.3 Å². The number of halogens is 2. The number of benzene rings is 2. The van der Waals surface area contributed by atoms with Crippen molar-refractivity contribution in [3.05, 3.63) is 81.5 Å². The number of pyridine rings is 1. The van der Waals surface area contributed by atoms with E-state index in [-0.39, 0.29) is 11.9 Å². The van der Waals surface area contributed by atoms with E-state index in [1.54, 1.807) is 6.07 Å². The third kappa shape index (κ3) is 4.52. The molecule has 2 aromatic heterocycles. The first-order valence-electron chi connectivity index (χ1n) is 12.3. The highest BCUT2D eigenvalue weighted by Gasteiger charge is 2.28. The standard InChI is InChI=1S/C28H26Cl2N4O3/c1-17-26(18-14-19(29)16-20(30)15-18)24-7-6-22(28(34(24)32-17)33-9-12-36-13-10-33)27(35)31-23-8-11-37-25-5-3-2-4-21(23)25/h2-7,14-16,23H,8-13H2,1H3,(H,31,35)/t23-/m0/s1. The molecule has 9 heteroatoms. The van der Waals surface area contributed by atoms with Crippen LogP contribution in [0.2, 0.25) is 10.0 Å². The molecular formula is C28H26Cl2N4O3. The zero-order valence-electron chi connectivity index (χ0n) is 20.3. The molecule has 1 N–H and O–H groups in total. The Hall–Kier alpha value is -3.26. The predicted octanol–water partition coefficient (Wildman–Crippen LogP) is 5.71. The molecule has 1 fully saturated rings. The number of para-hydroxylation sites is 1. The first-order valence-corrected chi connectivity index (χ1v) is 13.1. The molecule has 4 aromatic rings. The number of nitrogens with zero attached hydrogens (tertiary/aromatic N) is 3. The molecule has 2 aliphatic rings. The van der Waals surface area contributed by atoms with Crippen molar-refractivity contribution in [3.8, 4) is 16.9 Å². The van der Waals surface area contributed by atoms with Gasteiger partial charge in [-0.15, -0.1) is 0 Å². The van der Waals surface area contributed by atoms with Gasteiger partial charge < -0.3 is 19.7 Å². The maximum atomic E-state index is 13.8. The number of ether oxygens (including phenoxy) is 2. The second kappa shape index (κ2) is 9.89. The van der Waals surface area contributed by atoms with Crippen molar-refractivity contribution >= 4 is 40.4 Å². The van der Waals surface area contributed by atoms with E-state index in [9.17, 15) is 4.79 Å². The monoisotopic (exact) mass is 536 g/mol. The number of morpholine rings is 1. The Morgan fingerprint density at radius 1 is 1.03 bits per heavy atom. The Kier molecular flexibility index (Phi) is 6.44. The SMILES string of the molecule is Cc1nn2c(N3CCOCC3)c(C(=O)N[C@H]3CCOc4ccccc43)ccc2c1-c1cc(Cl)cc(Cl)c1. The van der Waals surface area contributed by atoms with Gasteiger partial charge in [0.2, 0.25) is 0 Å². The molecule has 1 amide bonds. The fourth-order valence-corrected chi connectivity index (χ4v) is 5.78. The van der Waals surface area contributed by atoms with Crippen molar-refractivity contribution in [3.63, 3.8) is 0 Å². The molecule has 190 valence electrons. The molecule has 2 aliphatic heterocycles. The average molecular weight is 537 g/mol. The van der Waals surface area contributed by atoms with Gasteiger partial charge in [-0.2, -0.15) is 5.10 Å². The Bertz CT molecular complexity index is 1480. The molecule has 1 atom stereocenters. The molecular weight excluding hydrogens is 511 g/mol. The molecule has 0 spiro atoms. The van der Waals surface area contributed by atoms with Crippen molar-refractivity contribution in [1.82, 2.24) is 14.9 Å². The van der Waals surface area contributed by atoms with Crippen LogP contribution in [0.5, 0.6) is 5.75 Å². The van der Waals surface area contributed by atoms with E-state index in [4.69, 9.17) is 37.8 Å². The second-order valence-electron chi connectivity index (χ2n) is 9.29. The zero-order valence-corrected chi connectivity index (χ0v) is 21.9. The van der Waals surface area contributed by atoms with E-state index in [0.717, 1.165) is 39.5 Å². The van der Waals surface area contributed by atoms with Gasteiger partial charge >= 0.3 is 0 Å². The normalized spacial score (nSPS) is 17.4.